The van der Waals surface area contributed by atoms with Crippen molar-refractivity contribution < 1.29 is 4.39 Å². The third-order valence-electron chi connectivity index (χ3n) is 4.56. The standard InChI is InChI=1S/C17H23FN4O/c1-3-21-16(13-5-4-8-19-10-13)20-22(17(21)23)11-14-9-15(18)7-6-12(14)2/h6-7,9,13,19H,3-5,8,10-11H2,1-2H3. The van der Waals surface area contributed by atoms with Gasteiger partial charge >= 0.3 is 5.69 Å². The average Bonchev–Trinajstić information content (AvgIpc) is 2.88. The van der Waals surface area contributed by atoms with Crippen LogP contribution < -0.4 is 11.0 Å². The lowest BCUT2D eigenvalue weighted by Gasteiger charge is -2.21. The van der Waals surface area contributed by atoms with Crippen molar-refractivity contribution in [1.82, 2.24) is 19.7 Å². The summed E-state index contributed by atoms with van der Waals surface area (Å²) in [6, 6.07) is 4.65. The van der Waals surface area contributed by atoms with Crippen LogP contribution in [0, 0.1) is 12.7 Å². The Kier molecular flexibility index (Phi) is 4.61. The van der Waals surface area contributed by atoms with Crippen LogP contribution in [0.2, 0.25) is 0 Å². The highest BCUT2D eigenvalue weighted by atomic mass is 19.1. The molecule has 3 rings (SSSR count). The van der Waals surface area contributed by atoms with E-state index in [1.54, 1.807) is 10.6 Å². The molecule has 1 aliphatic rings. The van der Waals surface area contributed by atoms with E-state index < -0.39 is 0 Å². The maximum absolute atomic E-state index is 13.5. The number of nitrogens with zero attached hydrogens (tertiary/aromatic N) is 3. The van der Waals surface area contributed by atoms with E-state index in [-0.39, 0.29) is 17.4 Å². The molecular formula is C17H23FN4O. The molecule has 1 aromatic carbocycles. The monoisotopic (exact) mass is 318 g/mol. The van der Waals surface area contributed by atoms with Gasteiger partial charge in [-0.1, -0.05) is 6.07 Å². The molecule has 1 saturated heterocycles. The SMILES string of the molecule is CCn1c(C2CCCNC2)nn(Cc2cc(F)ccc2C)c1=O. The van der Waals surface area contributed by atoms with Gasteiger partial charge in [-0.3, -0.25) is 4.57 Å². The van der Waals surface area contributed by atoms with Gasteiger partial charge in [0.25, 0.3) is 0 Å². The Morgan fingerprint density at radius 1 is 1.43 bits per heavy atom. The fraction of sp³-hybridized carbons (Fsp3) is 0.529. The molecule has 23 heavy (non-hydrogen) atoms. The maximum atomic E-state index is 13.5. The number of aromatic nitrogens is 3. The zero-order chi connectivity index (χ0) is 16.4. The lowest BCUT2D eigenvalue weighted by molar-refractivity contribution is 0.431. The Morgan fingerprint density at radius 3 is 2.96 bits per heavy atom. The Labute approximate surface area is 135 Å². The van der Waals surface area contributed by atoms with Crippen molar-refractivity contribution in [3.63, 3.8) is 0 Å². The van der Waals surface area contributed by atoms with Crippen LogP contribution in [-0.2, 0) is 13.1 Å². The van der Waals surface area contributed by atoms with Gasteiger partial charge in [0.2, 0.25) is 0 Å². The molecule has 1 N–H and O–H groups in total. The van der Waals surface area contributed by atoms with Crippen molar-refractivity contribution in [2.45, 2.75) is 45.7 Å². The van der Waals surface area contributed by atoms with Crippen molar-refractivity contribution in [1.29, 1.82) is 0 Å². The lowest BCUT2D eigenvalue weighted by Crippen LogP contribution is -2.31. The third kappa shape index (κ3) is 3.22. The van der Waals surface area contributed by atoms with Gasteiger partial charge in [-0.2, -0.15) is 5.10 Å². The normalized spacial score (nSPS) is 18.3. The van der Waals surface area contributed by atoms with Gasteiger partial charge in [0.1, 0.15) is 11.6 Å². The minimum Gasteiger partial charge on any atom is -0.316 e. The number of benzene rings is 1. The first-order valence-electron chi connectivity index (χ1n) is 8.23. The van der Waals surface area contributed by atoms with Crippen LogP contribution in [0.3, 0.4) is 0 Å². The summed E-state index contributed by atoms with van der Waals surface area (Å²) in [5.74, 6) is 0.829. The summed E-state index contributed by atoms with van der Waals surface area (Å²) in [4.78, 5) is 12.6. The number of nitrogens with one attached hydrogen (secondary N) is 1. The molecule has 5 nitrogen and oxygen atoms in total. The lowest BCUT2D eigenvalue weighted by atomic mass is 9.99. The van der Waals surface area contributed by atoms with Crippen molar-refractivity contribution >= 4 is 0 Å². The number of aryl methyl sites for hydroxylation is 1. The number of rotatable bonds is 4. The molecule has 1 aromatic heterocycles. The first kappa shape index (κ1) is 15.9. The van der Waals surface area contributed by atoms with Gasteiger partial charge < -0.3 is 5.32 Å². The molecule has 2 heterocycles. The summed E-state index contributed by atoms with van der Waals surface area (Å²) in [6.07, 6.45) is 2.14. The van der Waals surface area contributed by atoms with Crippen molar-refractivity contribution in [3.8, 4) is 0 Å². The van der Waals surface area contributed by atoms with Crippen LogP contribution in [0.25, 0.3) is 0 Å². The van der Waals surface area contributed by atoms with Gasteiger partial charge in [0, 0.05) is 19.0 Å². The van der Waals surface area contributed by atoms with E-state index in [1.807, 2.05) is 13.8 Å². The Balaban J connectivity index is 1.95. The molecule has 0 saturated carbocycles. The maximum Gasteiger partial charge on any atom is 0.346 e. The number of hydrogen-bond acceptors (Lipinski definition) is 3. The molecule has 2 aromatic rings. The second-order valence-corrected chi connectivity index (χ2v) is 6.16. The molecule has 0 radical (unpaired) electrons. The minimum absolute atomic E-state index is 0.114. The molecule has 124 valence electrons. The average molecular weight is 318 g/mol. The van der Waals surface area contributed by atoms with Crippen LogP contribution in [0.5, 0.6) is 0 Å². The molecular weight excluding hydrogens is 295 g/mol. The smallest absolute Gasteiger partial charge is 0.316 e. The summed E-state index contributed by atoms with van der Waals surface area (Å²) in [7, 11) is 0. The summed E-state index contributed by atoms with van der Waals surface area (Å²) >= 11 is 0. The van der Waals surface area contributed by atoms with Gasteiger partial charge in [-0.05, 0) is 56.5 Å². The summed E-state index contributed by atoms with van der Waals surface area (Å²) in [5, 5.41) is 7.94. The predicted molar refractivity (Wildman–Crippen MR) is 87.2 cm³/mol. The molecule has 6 heteroatoms. The van der Waals surface area contributed by atoms with Gasteiger partial charge in [0.15, 0.2) is 0 Å². The zero-order valence-electron chi connectivity index (χ0n) is 13.7. The molecule has 0 spiro atoms. The summed E-state index contributed by atoms with van der Waals surface area (Å²) in [6.45, 7) is 6.67. The van der Waals surface area contributed by atoms with Crippen LogP contribution >= 0.6 is 0 Å². The quantitative estimate of drug-likeness (QED) is 0.938. The third-order valence-corrected chi connectivity index (χ3v) is 4.56. The first-order chi connectivity index (χ1) is 11.1. The predicted octanol–water partition coefficient (Wildman–Crippen LogP) is 2.03. The first-order valence-corrected chi connectivity index (χ1v) is 8.23. The van der Waals surface area contributed by atoms with E-state index in [0.29, 0.717) is 13.1 Å². The van der Waals surface area contributed by atoms with E-state index in [0.717, 1.165) is 42.9 Å². The highest BCUT2D eigenvalue weighted by Crippen LogP contribution is 2.21. The molecule has 0 amide bonds. The van der Waals surface area contributed by atoms with E-state index in [2.05, 4.69) is 10.4 Å². The second-order valence-electron chi connectivity index (χ2n) is 6.16. The van der Waals surface area contributed by atoms with Crippen LogP contribution in [-0.4, -0.2) is 27.4 Å². The Bertz CT molecular complexity index is 744. The highest BCUT2D eigenvalue weighted by molar-refractivity contribution is 5.26. The summed E-state index contributed by atoms with van der Waals surface area (Å²) < 4.78 is 16.7. The fourth-order valence-electron chi connectivity index (χ4n) is 3.20. The molecule has 1 atom stereocenters. The highest BCUT2D eigenvalue weighted by Gasteiger charge is 2.23. The van der Waals surface area contributed by atoms with Crippen LogP contribution in [0.15, 0.2) is 23.0 Å². The summed E-state index contributed by atoms with van der Waals surface area (Å²) in [5.41, 5.74) is 1.64. The van der Waals surface area contributed by atoms with E-state index in [4.69, 9.17) is 0 Å². The van der Waals surface area contributed by atoms with Crippen LogP contribution in [0.4, 0.5) is 4.39 Å². The van der Waals surface area contributed by atoms with Gasteiger partial charge in [0.05, 0.1) is 6.54 Å². The molecule has 1 aliphatic heterocycles. The Hall–Kier alpha value is -1.95. The van der Waals surface area contributed by atoms with Crippen molar-refractivity contribution in [2.75, 3.05) is 13.1 Å². The topological polar surface area (TPSA) is 51.9 Å². The molecule has 1 unspecified atom stereocenters. The van der Waals surface area contributed by atoms with Crippen molar-refractivity contribution in [3.05, 3.63) is 51.5 Å². The molecule has 0 bridgehead atoms. The Morgan fingerprint density at radius 2 is 2.26 bits per heavy atom. The van der Waals surface area contributed by atoms with E-state index in [1.165, 1.54) is 16.8 Å². The minimum atomic E-state index is -0.287. The zero-order valence-corrected chi connectivity index (χ0v) is 13.7. The van der Waals surface area contributed by atoms with E-state index in [9.17, 15) is 9.18 Å². The van der Waals surface area contributed by atoms with Gasteiger partial charge in [-0.25, -0.2) is 13.9 Å². The van der Waals surface area contributed by atoms with Crippen LogP contribution in [0.1, 0.15) is 42.6 Å². The fourth-order valence-corrected chi connectivity index (χ4v) is 3.20. The number of hydrogen-bond donors (Lipinski definition) is 1. The number of piperidine rings is 1. The second kappa shape index (κ2) is 6.66. The number of halogens is 1. The molecule has 1 fully saturated rings. The van der Waals surface area contributed by atoms with Crippen molar-refractivity contribution in [2.24, 2.45) is 0 Å². The van der Waals surface area contributed by atoms with E-state index >= 15 is 0 Å². The largest absolute Gasteiger partial charge is 0.346 e. The van der Waals surface area contributed by atoms with Gasteiger partial charge in [-0.15, -0.1) is 0 Å². The molecule has 0 aliphatic carbocycles.